The first-order valence-electron chi connectivity index (χ1n) is 11.1. The Morgan fingerprint density at radius 3 is 2.24 bits per heavy atom. The molecular formula is C28H27ClN2O3. The van der Waals surface area contributed by atoms with Crippen LogP contribution in [0.1, 0.15) is 42.3 Å². The topological polar surface area (TPSA) is 49.9 Å². The van der Waals surface area contributed by atoms with Crippen molar-refractivity contribution < 1.29 is 14.3 Å². The molecule has 0 radical (unpaired) electrons. The lowest BCUT2D eigenvalue weighted by atomic mass is 9.97. The number of hydrogen-bond donors (Lipinski definition) is 0. The molecule has 0 aromatic heterocycles. The molecule has 1 heterocycles. The van der Waals surface area contributed by atoms with E-state index in [1.807, 2.05) is 63.2 Å². The Hall–Kier alpha value is -3.57. The summed E-state index contributed by atoms with van der Waals surface area (Å²) in [5.74, 6) is -0.188. The summed E-state index contributed by atoms with van der Waals surface area (Å²) < 4.78 is 5.79. The van der Waals surface area contributed by atoms with Crippen molar-refractivity contribution in [3.8, 4) is 0 Å². The van der Waals surface area contributed by atoms with Gasteiger partial charge in [0.1, 0.15) is 11.8 Å². The molecule has 2 amide bonds. The number of hydrogen-bond acceptors (Lipinski definition) is 3. The number of fused-ring (bicyclic) bond motifs is 1. The summed E-state index contributed by atoms with van der Waals surface area (Å²) in [7, 11) is 0. The molecule has 34 heavy (non-hydrogen) atoms. The van der Waals surface area contributed by atoms with E-state index in [9.17, 15) is 9.59 Å². The largest absolute Gasteiger partial charge is 0.443 e. The third-order valence-corrected chi connectivity index (χ3v) is 5.76. The summed E-state index contributed by atoms with van der Waals surface area (Å²) >= 11 is 6.07. The Balaban J connectivity index is 1.87. The van der Waals surface area contributed by atoms with Crippen molar-refractivity contribution >= 4 is 34.9 Å². The SMILES string of the molecule is C=C(c1ccccc1)C1N(Cc2ccc(Cl)cc2)C(=O)c2ccccc2N1C(=O)OC(C)(C)C. The van der Waals surface area contributed by atoms with Gasteiger partial charge >= 0.3 is 6.09 Å². The number of nitrogens with zero attached hydrogens (tertiary/aromatic N) is 2. The molecule has 0 saturated heterocycles. The normalized spacial score (nSPS) is 15.6. The maximum absolute atomic E-state index is 13.8. The van der Waals surface area contributed by atoms with Crippen molar-refractivity contribution in [1.29, 1.82) is 0 Å². The lowest BCUT2D eigenvalue weighted by molar-refractivity contribution is 0.0490. The highest BCUT2D eigenvalue weighted by Crippen LogP contribution is 2.38. The van der Waals surface area contributed by atoms with Crippen molar-refractivity contribution in [3.05, 3.63) is 107 Å². The molecule has 6 heteroatoms. The van der Waals surface area contributed by atoms with Gasteiger partial charge in [0.15, 0.2) is 0 Å². The lowest BCUT2D eigenvalue weighted by Crippen LogP contribution is -2.58. The van der Waals surface area contributed by atoms with Crippen molar-refractivity contribution in [3.63, 3.8) is 0 Å². The zero-order valence-corrected chi connectivity index (χ0v) is 20.3. The second kappa shape index (κ2) is 9.35. The zero-order chi connectivity index (χ0) is 24.5. The van der Waals surface area contributed by atoms with Gasteiger partial charge in [-0.1, -0.05) is 72.8 Å². The second-order valence-corrected chi connectivity index (χ2v) is 9.63. The van der Waals surface area contributed by atoms with E-state index in [0.29, 0.717) is 21.8 Å². The lowest BCUT2D eigenvalue weighted by Gasteiger charge is -2.45. The third-order valence-electron chi connectivity index (χ3n) is 5.51. The maximum Gasteiger partial charge on any atom is 0.416 e. The highest BCUT2D eigenvalue weighted by Gasteiger charge is 2.43. The molecule has 0 fully saturated rings. The Morgan fingerprint density at radius 2 is 1.59 bits per heavy atom. The number of ether oxygens (including phenoxy) is 1. The summed E-state index contributed by atoms with van der Waals surface area (Å²) in [5, 5.41) is 0.611. The van der Waals surface area contributed by atoms with Crippen LogP contribution in [0, 0.1) is 0 Å². The number of amides is 2. The summed E-state index contributed by atoms with van der Waals surface area (Å²) in [5.41, 5.74) is 2.54. The predicted octanol–water partition coefficient (Wildman–Crippen LogP) is 6.78. The molecule has 3 aromatic rings. The number of carbonyl (C=O) groups excluding carboxylic acids is 2. The molecule has 0 spiro atoms. The fraction of sp³-hybridized carbons (Fsp3) is 0.214. The first-order valence-corrected chi connectivity index (χ1v) is 11.4. The number of benzene rings is 3. The van der Waals surface area contributed by atoms with Crippen LogP contribution in [0.3, 0.4) is 0 Å². The van der Waals surface area contributed by atoms with Crippen molar-refractivity contribution in [2.75, 3.05) is 4.90 Å². The van der Waals surface area contributed by atoms with E-state index in [1.165, 1.54) is 4.90 Å². The van der Waals surface area contributed by atoms with Gasteiger partial charge in [0.25, 0.3) is 5.91 Å². The first-order chi connectivity index (χ1) is 16.2. The Bertz CT molecular complexity index is 1220. The van der Waals surface area contributed by atoms with Crippen LogP contribution < -0.4 is 4.90 Å². The molecule has 0 bridgehead atoms. The van der Waals surface area contributed by atoms with E-state index in [0.717, 1.165) is 11.1 Å². The highest BCUT2D eigenvalue weighted by molar-refractivity contribution is 6.30. The molecule has 1 atom stereocenters. The van der Waals surface area contributed by atoms with Gasteiger partial charge < -0.3 is 9.64 Å². The fourth-order valence-corrected chi connectivity index (χ4v) is 4.13. The van der Waals surface area contributed by atoms with Gasteiger partial charge in [-0.25, -0.2) is 4.79 Å². The molecule has 174 valence electrons. The van der Waals surface area contributed by atoms with Crippen molar-refractivity contribution in [2.45, 2.75) is 39.1 Å². The standard InChI is InChI=1S/C28H27ClN2O3/c1-19(21-10-6-5-7-11-21)25-30(18-20-14-16-22(29)17-15-20)26(32)23-12-8-9-13-24(23)31(25)27(33)34-28(2,3)4/h5-17,25H,1,18H2,2-4H3. The average Bonchev–Trinajstić information content (AvgIpc) is 2.81. The van der Waals surface area contributed by atoms with Gasteiger partial charge in [0.2, 0.25) is 0 Å². The van der Waals surface area contributed by atoms with Crippen LogP contribution in [0.4, 0.5) is 10.5 Å². The molecule has 1 aliphatic rings. The quantitative estimate of drug-likeness (QED) is 0.419. The molecule has 1 unspecified atom stereocenters. The van der Waals surface area contributed by atoms with Crippen LogP contribution in [0.2, 0.25) is 5.02 Å². The zero-order valence-electron chi connectivity index (χ0n) is 19.5. The van der Waals surface area contributed by atoms with Crippen LogP contribution in [0.25, 0.3) is 5.57 Å². The molecule has 5 nitrogen and oxygen atoms in total. The van der Waals surface area contributed by atoms with Crippen molar-refractivity contribution in [2.24, 2.45) is 0 Å². The highest BCUT2D eigenvalue weighted by atomic mass is 35.5. The van der Waals surface area contributed by atoms with E-state index >= 15 is 0 Å². The predicted molar refractivity (Wildman–Crippen MR) is 136 cm³/mol. The van der Waals surface area contributed by atoms with Crippen LogP contribution in [-0.4, -0.2) is 28.7 Å². The summed E-state index contributed by atoms with van der Waals surface area (Å²) in [6.45, 7) is 10.0. The Morgan fingerprint density at radius 1 is 0.971 bits per heavy atom. The first kappa shape index (κ1) is 23.6. The Kier molecular flexibility index (Phi) is 6.49. The molecule has 0 aliphatic carbocycles. The van der Waals surface area contributed by atoms with Crippen LogP contribution in [0.15, 0.2) is 85.4 Å². The van der Waals surface area contributed by atoms with Gasteiger partial charge in [0, 0.05) is 11.6 Å². The van der Waals surface area contributed by atoms with E-state index in [1.54, 1.807) is 41.3 Å². The Labute approximate surface area is 205 Å². The van der Waals surface area contributed by atoms with Gasteiger partial charge in [-0.15, -0.1) is 0 Å². The van der Waals surface area contributed by atoms with Gasteiger partial charge in [-0.2, -0.15) is 0 Å². The van der Waals surface area contributed by atoms with Gasteiger partial charge in [-0.05, 0) is 61.7 Å². The number of para-hydroxylation sites is 1. The molecule has 4 rings (SSSR count). The number of carbonyl (C=O) groups is 2. The number of rotatable bonds is 4. The van der Waals surface area contributed by atoms with E-state index in [4.69, 9.17) is 16.3 Å². The number of anilines is 1. The monoisotopic (exact) mass is 474 g/mol. The molecule has 0 N–H and O–H groups in total. The third kappa shape index (κ3) is 4.85. The summed E-state index contributed by atoms with van der Waals surface area (Å²) in [4.78, 5) is 30.5. The minimum Gasteiger partial charge on any atom is -0.443 e. The van der Waals surface area contributed by atoms with Crippen molar-refractivity contribution in [1.82, 2.24) is 4.90 Å². The van der Waals surface area contributed by atoms with Gasteiger partial charge in [0.05, 0.1) is 11.3 Å². The van der Waals surface area contributed by atoms with Crippen LogP contribution >= 0.6 is 11.6 Å². The van der Waals surface area contributed by atoms with E-state index in [2.05, 4.69) is 6.58 Å². The molecule has 3 aromatic carbocycles. The second-order valence-electron chi connectivity index (χ2n) is 9.19. The maximum atomic E-state index is 13.8. The van der Waals surface area contributed by atoms with Crippen LogP contribution in [0.5, 0.6) is 0 Å². The molecule has 0 saturated carbocycles. The van der Waals surface area contributed by atoms with Crippen LogP contribution in [-0.2, 0) is 11.3 Å². The molecule has 1 aliphatic heterocycles. The number of halogens is 1. The minimum absolute atomic E-state index is 0.188. The van der Waals surface area contributed by atoms with E-state index < -0.39 is 17.9 Å². The minimum atomic E-state index is -0.782. The van der Waals surface area contributed by atoms with Gasteiger partial charge in [-0.3, -0.25) is 9.69 Å². The van der Waals surface area contributed by atoms with E-state index in [-0.39, 0.29) is 12.5 Å². The fourth-order valence-electron chi connectivity index (χ4n) is 4.00. The summed E-state index contributed by atoms with van der Waals surface area (Å²) in [6, 6.07) is 24.0. The smallest absolute Gasteiger partial charge is 0.416 e. The average molecular weight is 475 g/mol. The summed E-state index contributed by atoms with van der Waals surface area (Å²) in [6.07, 6.45) is -1.33. The molecular weight excluding hydrogens is 448 g/mol.